The van der Waals surface area contributed by atoms with E-state index in [0.717, 1.165) is 29.3 Å². The van der Waals surface area contributed by atoms with Gasteiger partial charge in [0.15, 0.2) is 5.76 Å². The van der Waals surface area contributed by atoms with Gasteiger partial charge in [-0.2, -0.15) is 0 Å². The quantitative estimate of drug-likeness (QED) is 0.818. The molecule has 0 atom stereocenters. The van der Waals surface area contributed by atoms with E-state index >= 15 is 0 Å². The van der Waals surface area contributed by atoms with Gasteiger partial charge in [-0.15, -0.1) is 12.4 Å². The van der Waals surface area contributed by atoms with Gasteiger partial charge in [0.05, 0.1) is 5.69 Å². The highest BCUT2D eigenvalue weighted by molar-refractivity contribution is 5.85. The molecule has 0 unspecified atom stereocenters. The maximum Gasteiger partial charge on any atom is 0.159 e. The van der Waals surface area contributed by atoms with E-state index in [1.165, 1.54) is 0 Å². The molecule has 0 saturated carbocycles. The van der Waals surface area contributed by atoms with Gasteiger partial charge in [-0.3, -0.25) is 0 Å². The second-order valence-electron chi connectivity index (χ2n) is 4.92. The fourth-order valence-electron chi connectivity index (χ4n) is 1.66. The molecular formula is C16H21ClN2O2. The lowest BCUT2D eigenvalue weighted by Gasteiger charge is -2.10. The number of nitrogens with zero attached hydrogens (tertiary/aromatic N) is 2. The van der Waals surface area contributed by atoms with Crippen molar-refractivity contribution >= 4 is 24.6 Å². The monoisotopic (exact) mass is 308 g/mol. The summed E-state index contributed by atoms with van der Waals surface area (Å²) in [7, 11) is 4.06. The Labute approximate surface area is 131 Å². The van der Waals surface area contributed by atoms with Crippen LogP contribution in [0.4, 0.5) is 0 Å². The summed E-state index contributed by atoms with van der Waals surface area (Å²) in [5.41, 5.74) is 1.98. The summed E-state index contributed by atoms with van der Waals surface area (Å²) in [5, 5.41) is 3.84. The molecule has 0 amide bonds. The van der Waals surface area contributed by atoms with Crippen molar-refractivity contribution in [2.75, 3.05) is 27.2 Å². The predicted octanol–water partition coefficient (Wildman–Crippen LogP) is 3.52. The zero-order chi connectivity index (χ0) is 14.4. The van der Waals surface area contributed by atoms with Crippen LogP contribution < -0.4 is 4.74 Å². The van der Waals surface area contributed by atoms with Gasteiger partial charge in [0.2, 0.25) is 0 Å². The molecule has 0 aliphatic rings. The minimum absolute atomic E-state index is 0. The van der Waals surface area contributed by atoms with E-state index in [1.54, 1.807) is 0 Å². The minimum atomic E-state index is 0. The average Bonchev–Trinajstić information content (AvgIpc) is 2.83. The highest BCUT2D eigenvalue weighted by Crippen LogP contribution is 2.14. The lowest BCUT2D eigenvalue weighted by molar-refractivity contribution is 0.261. The van der Waals surface area contributed by atoms with Crippen LogP contribution in [0.1, 0.15) is 17.0 Å². The Kier molecular flexibility index (Phi) is 6.99. The highest BCUT2D eigenvalue weighted by atomic mass is 35.5. The molecule has 1 heterocycles. The minimum Gasteiger partial charge on any atom is -0.492 e. The van der Waals surface area contributed by atoms with Gasteiger partial charge >= 0.3 is 0 Å². The normalized spacial score (nSPS) is 10.9. The number of likely N-dealkylation sites (N-methyl/N-ethyl adjacent to an activating group) is 1. The van der Waals surface area contributed by atoms with Crippen molar-refractivity contribution in [1.82, 2.24) is 10.1 Å². The van der Waals surface area contributed by atoms with Crippen LogP contribution in [0, 0.1) is 6.92 Å². The maximum atomic E-state index is 5.64. The molecule has 2 aromatic rings. The number of aryl methyl sites for hydroxylation is 1. The lowest BCUT2D eigenvalue weighted by atomic mass is 10.2. The van der Waals surface area contributed by atoms with E-state index in [-0.39, 0.29) is 12.4 Å². The Morgan fingerprint density at radius 3 is 2.48 bits per heavy atom. The Morgan fingerprint density at radius 1 is 1.19 bits per heavy atom. The summed E-state index contributed by atoms with van der Waals surface area (Å²) in [5.74, 6) is 1.65. The molecule has 0 N–H and O–H groups in total. The SMILES string of the molecule is Cc1cc(/C=C/c2ccc(OCCN(C)C)cc2)on1.Cl. The standard InChI is InChI=1S/C16H20N2O2.ClH/c1-13-12-16(20-17-13)9-6-14-4-7-15(8-5-14)19-11-10-18(2)3;/h4-9,12H,10-11H2,1-3H3;1H/b9-6+;. The number of hydrogen-bond donors (Lipinski definition) is 0. The van der Waals surface area contributed by atoms with E-state index in [0.29, 0.717) is 6.61 Å². The van der Waals surface area contributed by atoms with Gasteiger partial charge in [0, 0.05) is 12.6 Å². The van der Waals surface area contributed by atoms with Crippen LogP contribution >= 0.6 is 12.4 Å². The van der Waals surface area contributed by atoms with Gasteiger partial charge in [-0.05, 0) is 44.8 Å². The van der Waals surface area contributed by atoms with E-state index in [4.69, 9.17) is 9.26 Å². The van der Waals surface area contributed by atoms with E-state index in [9.17, 15) is 0 Å². The molecule has 0 aliphatic carbocycles. The van der Waals surface area contributed by atoms with Gasteiger partial charge in [0.1, 0.15) is 12.4 Å². The molecule has 0 spiro atoms. The second-order valence-corrected chi connectivity index (χ2v) is 4.92. The van der Waals surface area contributed by atoms with Crippen LogP contribution in [-0.4, -0.2) is 37.3 Å². The van der Waals surface area contributed by atoms with Gasteiger partial charge in [-0.25, -0.2) is 0 Å². The van der Waals surface area contributed by atoms with Crippen molar-refractivity contribution in [3.05, 3.63) is 47.3 Å². The highest BCUT2D eigenvalue weighted by Gasteiger charge is 1.97. The fourth-order valence-corrected chi connectivity index (χ4v) is 1.66. The number of halogens is 1. The molecule has 0 saturated heterocycles. The predicted molar refractivity (Wildman–Crippen MR) is 87.9 cm³/mol. The molecule has 0 aliphatic heterocycles. The molecule has 0 radical (unpaired) electrons. The first-order valence-corrected chi connectivity index (χ1v) is 6.62. The Hall–Kier alpha value is -1.78. The maximum absolute atomic E-state index is 5.64. The summed E-state index contributed by atoms with van der Waals surface area (Å²) in [6.07, 6.45) is 3.89. The molecular weight excluding hydrogens is 288 g/mol. The van der Waals surface area contributed by atoms with Crippen LogP contribution in [0.5, 0.6) is 5.75 Å². The molecule has 114 valence electrons. The van der Waals surface area contributed by atoms with Crippen molar-refractivity contribution in [2.45, 2.75) is 6.92 Å². The zero-order valence-electron chi connectivity index (χ0n) is 12.6. The van der Waals surface area contributed by atoms with E-state index in [1.807, 2.05) is 63.5 Å². The topological polar surface area (TPSA) is 38.5 Å². The number of hydrogen-bond acceptors (Lipinski definition) is 4. The molecule has 1 aromatic carbocycles. The van der Waals surface area contributed by atoms with Crippen LogP contribution in [-0.2, 0) is 0 Å². The molecule has 2 rings (SSSR count). The molecule has 0 bridgehead atoms. The van der Waals surface area contributed by atoms with Gasteiger partial charge in [-0.1, -0.05) is 23.4 Å². The first kappa shape index (κ1) is 17.3. The summed E-state index contributed by atoms with van der Waals surface area (Å²) in [6.45, 7) is 3.51. The third-order valence-electron chi connectivity index (χ3n) is 2.77. The molecule has 1 aromatic heterocycles. The third kappa shape index (κ3) is 6.02. The average molecular weight is 309 g/mol. The van der Waals surface area contributed by atoms with Gasteiger partial charge in [0.25, 0.3) is 0 Å². The number of ether oxygens (including phenoxy) is 1. The van der Waals surface area contributed by atoms with Crippen molar-refractivity contribution in [1.29, 1.82) is 0 Å². The third-order valence-corrected chi connectivity index (χ3v) is 2.77. The van der Waals surface area contributed by atoms with E-state index < -0.39 is 0 Å². The Balaban J connectivity index is 0.00000220. The molecule has 21 heavy (non-hydrogen) atoms. The Morgan fingerprint density at radius 2 is 1.90 bits per heavy atom. The Bertz CT molecular complexity index is 562. The molecule has 0 fully saturated rings. The van der Waals surface area contributed by atoms with Crippen molar-refractivity contribution in [2.24, 2.45) is 0 Å². The van der Waals surface area contributed by atoms with Crippen molar-refractivity contribution in [3.63, 3.8) is 0 Å². The van der Waals surface area contributed by atoms with Crippen molar-refractivity contribution < 1.29 is 9.26 Å². The molecule has 4 nitrogen and oxygen atoms in total. The van der Waals surface area contributed by atoms with Crippen molar-refractivity contribution in [3.8, 4) is 5.75 Å². The summed E-state index contributed by atoms with van der Waals surface area (Å²) >= 11 is 0. The number of aromatic nitrogens is 1. The summed E-state index contributed by atoms with van der Waals surface area (Å²) < 4.78 is 10.8. The van der Waals surface area contributed by atoms with E-state index in [2.05, 4.69) is 10.1 Å². The number of rotatable bonds is 6. The van der Waals surface area contributed by atoms with Crippen LogP contribution in [0.25, 0.3) is 12.2 Å². The fraction of sp³-hybridized carbons (Fsp3) is 0.312. The summed E-state index contributed by atoms with van der Waals surface area (Å²) in [4.78, 5) is 2.09. The largest absolute Gasteiger partial charge is 0.492 e. The first-order valence-electron chi connectivity index (χ1n) is 6.62. The first-order chi connectivity index (χ1) is 9.63. The van der Waals surface area contributed by atoms with Crippen LogP contribution in [0.3, 0.4) is 0 Å². The lowest BCUT2D eigenvalue weighted by Crippen LogP contribution is -2.19. The second kappa shape index (κ2) is 8.49. The number of benzene rings is 1. The molecule has 5 heteroatoms. The zero-order valence-corrected chi connectivity index (χ0v) is 13.4. The smallest absolute Gasteiger partial charge is 0.159 e. The van der Waals surface area contributed by atoms with Crippen LogP contribution in [0.15, 0.2) is 34.9 Å². The van der Waals surface area contributed by atoms with Gasteiger partial charge < -0.3 is 14.2 Å². The van der Waals surface area contributed by atoms with Crippen LogP contribution in [0.2, 0.25) is 0 Å². The summed E-state index contributed by atoms with van der Waals surface area (Å²) in [6, 6.07) is 9.88.